The van der Waals surface area contributed by atoms with Gasteiger partial charge in [0.05, 0.1) is 5.69 Å². The third-order valence-corrected chi connectivity index (χ3v) is 5.07. The van der Waals surface area contributed by atoms with Crippen LogP contribution < -0.4 is 20.7 Å². The molecule has 0 aliphatic carbocycles. The fourth-order valence-corrected chi connectivity index (χ4v) is 3.49. The summed E-state index contributed by atoms with van der Waals surface area (Å²) < 4.78 is 19.3. The van der Waals surface area contributed by atoms with Gasteiger partial charge in [0.25, 0.3) is 5.91 Å². The molecule has 31 heavy (non-hydrogen) atoms. The normalized spacial score (nSPS) is 14.5. The zero-order valence-electron chi connectivity index (χ0n) is 17.9. The summed E-state index contributed by atoms with van der Waals surface area (Å²) in [4.78, 5) is 19.9. The molecule has 0 unspecified atom stereocenters. The molecule has 1 heterocycles. The lowest BCUT2D eigenvalue weighted by Gasteiger charge is -2.37. The average Bonchev–Trinajstić information content (AvgIpc) is 2.78. The molecule has 2 aromatic carbocycles. The third-order valence-electron chi connectivity index (χ3n) is 5.07. The molecule has 1 aliphatic heterocycles. The molecule has 0 saturated carbocycles. The molecule has 166 valence electrons. The summed E-state index contributed by atoms with van der Waals surface area (Å²) in [5.74, 6) is 0.830. The van der Waals surface area contributed by atoms with Gasteiger partial charge in [0, 0.05) is 39.3 Å². The molecule has 1 amide bonds. The van der Waals surface area contributed by atoms with Crippen molar-refractivity contribution >= 4 is 17.6 Å². The quantitative estimate of drug-likeness (QED) is 0.498. The number of carbonyl (C=O) groups is 1. The van der Waals surface area contributed by atoms with E-state index in [4.69, 9.17) is 15.5 Å². The Morgan fingerprint density at radius 2 is 1.84 bits per heavy atom. The number of nitrogens with one attached hydrogen (secondary N) is 1. The summed E-state index contributed by atoms with van der Waals surface area (Å²) in [7, 11) is 0. The number of rotatable bonds is 8. The number of nitrogens with two attached hydrogens (primary N) is 1. The van der Waals surface area contributed by atoms with Gasteiger partial charge in [-0.25, -0.2) is 4.39 Å². The first-order valence-corrected chi connectivity index (χ1v) is 10.6. The van der Waals surface area contributed by atoms with Crippen molar-refractivity contribution in [2.75, 3.05) is 50.8 Å². The second-order valence-electron chi connectivity index (χ2n) is 7.31. The van der Waals surface area contributed by atoms with Crippen molar-refractivity contribution in [1.29, 1.82) is 0 Å². The van der Waals surface area contributed by atoms with E-state index in [1.54, 1.807) is 6.07 Å². The number of guanidine groups is 1. The Morgan fingerprint density at radius 3 is 2.48 bits per heavy atom. The van der Waals surface area contributed by atoms with Gasteiger partial charge in [0.15, 0.2) is 12.6 Å². The van der Waals surface area contributed by atoms with Crippen molar-refractivity contribution in [1.82, 2.24) is 10.2 Å². The molecular formula is C23H30FN5O2. The number of halogens is 1. The molecule has 3 N–H and O–H groups in total. The topological polar surface area (TPSA) is 83.2 Å². The van der Waals surface area contributed by atoms with Gasteiger partial charge in [-0.15, -0.1) is 0 Å². The first-order valence-electron chi connectivity index (χ1n) is 10.6. The van der Waals surface area contributed by atoms with E-state index in [1.807, 2.05) is 36.4 Å². The van der Waals surface area contributed by atoms with Crippen molar-refractivity contribution in [3.63, 3.8) is 0 Å². The maximum absolute atomic E-state index is 14.1. The molecule has 8 heteroatoms. The largest absolute Gasteiger partial charge is 0.484 e. The van der Waals surface area contributed by atoms with Crippen LogP contribution in [0.2, 0.25) is 0 Å². The number of benzene rings is 2. The first-order chi connectivity index (χ1) is 15.1. The SMILES string of the molecule is CCNC(=NCCc1ccc(OCC(N)=O)cc1)N1CCN(c2ccccc2F)CC1. The summed E-state index contributed by atoms with van der Waals surface area (Å²) in [6.45, 7) is 6.43. The van der Waals surface area contributed by atoms with E-state index >= 15 is 0 Å². The van der Waals surface area contributed by atoms with E-state index in [-0.39, 0.29) is 12.4 Å². The van der Waals surface area contributed by atoms with Gasteiger partial charge in [-0.1, -0.05) is 24.3 Å². The number of ether oxygens (including phenoxy) is 1. The lowest BCUT2D eigenvalue weighted by atomic mass is 10.1. The smallest absolute Gasteiger partial charge is 0.255 e. The number of amides is 1. The Kier molecular flexibility index (Phi) is 8.09. The number of para-hydroxylation sites is 1. The number of aliphatic imine (C=N–C) groups is 1. The number of nitrogens with zero attached hydrogens (tertiary/aromatic N) is 3. The predicted molar refractivity (Wildman–Crippen MR) is 121 cm³/mol. The Hall–Kier alpha value is -3.29. The fraction of sp³-hybridized carbons (Fsp3) is 0.391. The highest BCUT2D eigenvalue weighted by atomic mass is 19.1. The molecule has 0 radical (unpaired) electrons. The Balaban J connectivity index is 1.52. The van der Waals surface area contributed by atoms with Gasteiger partial charge in [-0.05, 0) is 43.2 Å². The van der Waals surface area contributed by atoms with Crippen LogP contribution in [0.5, 0.6) is 5.75 Å². The maximum Gasteiger partial charge on any atom is 0.255 e. The van der Waals surface area contributed by atoms with E-state index in [0.29, 0.717) is 18.0 Å². The van der Waals surface area contributed by atoms with Crippen LogP contribution in [-0.4, -0.2) is 62.6 Å². The van der Waals surface area contributed by atoms with Crippen LogP contribution in [0.1, 0.15) is 12.5 Å². The van der Waals surface area contributed by atoms with Crippen molar-refractivity contribution in [3.05, 3.63) is 59.9 Å². The highest BCUT2D eigenvalue weighted by Gasteiger charge is 2.21. The van der Waals surface area contributed by atoms with Gasteiger partial charge >= 0.3 is 0 Å². The molecule has 0 aromatic heterocycles. The lowest BCUT2D eigenvalue weighted by Crippen LogP contribution is -2.52. The molecule has 2 aromatic rings. The Morgan fingerprint density at radius 1 is 1.13 bits per heavy atom. The molecular weight excluding hydrogens is 397 g/mol. The minimum Gasteiger partial charge on any atom is -0.484 e. The minimum atomic E-state index is -0.496. The molecule has 1 saturated heterocycles. The van der Waals surface area contributed by atoms with Crippen LogP contribution in [0.3, 0.4) is 0 Å². The van der Waals surface area contributed by atoms with Gasteiger partial charge in [-0.3, -0.25) is 9.79 Å². The number of anilines is 1. The average molecular weight is 428 g/mol. The monoisotopic (exact) mass is 427 g/mol. The summed E-state index contributed by atoms with van der Waals surface area (Å²) >= 11 is 0. The molecule has 1 fully saturated rings. The van der Waals surface area contributed by atoms with Gasteiger partial charge in [0.2, 0.25) is 0 Å². The predicted octanol–water partition coefficient (Wildman–Crippen LogP) is 2.02. The minimum absolute atomic E-state index is 0.125. The van der Waals surface area contributed by atoms with Gasteiger partial charge in [0.1, 0.15) is 11.6 Å². The number of hydrogen-bond acceptors (Lipinski definition) is 4. The van der Waals surface area contributed by atoms with E-state index in [9.17, 15) is 9.18 Å². The summed E-state index contributed by atoms with van der Waals surface area (Å²) in [6.07, 6.45) is 0.792. The van der Waals surface area contributed by atoms with Crippen LogP contribution in [0.4, 0.5) is 10.1 Å². The van der Waals surface area contributed by atoms with Gasteiger partial charge < -0.3 is 25.6 Å². The molecule has 7 nitrogen and oxygen atoms in total. The lowest BCUT2D eigenvalue weighted by molar-refractivity contribution is -0.119. The van der Waals surface area contributed by atoms with Crippen molar-refractivity contribution in [2.24, 2.45) is 10.7 Å². The number of piperazine rings is 1. The summed E-state index contributed by atoms with van der Waals surface area (Å²) in [5.41, 5.74) is 6.88. The summed E-state index contributed by atoms with van der Waals surface area (Å²) in [6, 6.07) is 14.5. The summed E-state index contributed by atoms with van der Waals surface area (Å²) in [5, 5.41) is 3.36. The standard InChI is InChI=1S/C23H30FN5O2/c1-2-26-23(27-12-11-18-7-9-19(10-8-18)31-17-22(25)30)29-15-13-28(14-16-29)21-6-4-3-5-20(21)24/h3-10H,2,11-17H2,1H3,(H2,25,30)(H,26,27). The van der Waals surface area contributed by atoms with E-state index in [1.165, 1.54) is 6.07 Å². The number of carbonyl (C=O) groups excluding carboxylic acids is 1. The van der Waals surface area contributed by atoms with Crippen LogP contribution in [0, 0.1) is 5.82 Å². The van der Waals surface area contributed by atoms with Crippen molar-refractivity contribution in [2.45, 2.75) is 13.3 Å². The van der Waals surface area contributed by atoms with E-state index < -0.39 is 5.91 Å². The highest BCUT2D eigenvalue weighted by Crippen LogP contribution is 2.20. The molecule has 3 rings (SSSR count). The van der Waals surface area contributed by atoms with Crippen LogP contribution in [-0.2, 0) is 11.2 Å². The zero-order valence-corrected chi connectivity index (χ0v) is 17.9. The van der Waals surface area contributed by atoms with Crippen LogP contribution in [0.25, 0.3) is 0 Å². The first kappa shape index (κ1) is 22.4. The van der Waals surface area contributed by atoms with Crippen LogP contribution in [0.15, 0.2) is 53.5 Å². The molecule has 0 bridgehead atoms. The third kappa shape index (κ3) is 6.60. The molecule has 0 atom stereocenters. The van der Waals surface area contributed by atoms with Crippen molar-refractivity contribution in [3.8, 4) is 5.75 Å². The molecule has 0 spiro atoms. The van der Waals surface area contributed by atoms with E-state index in [2.05, 4.69) is 22.0 Å². The highest BCUT2D eigenvalue weighted by molar-refractivity contribution is 5.80. The fourth-order valence-electron chi connectivity index (χ4n) is 3.49. The number of primary amides is 1. The molecule has 1 aliphatic rings. The Labute approximate surface area is 182 Å². The zero-order chi connectivity index (χ0) is 22.1. The Bertz CT molecular complexity index is 880. The second kappa shape index (κ2) is 11.2. The number of hydrogen-bond donors (Lipinski definition) is 2. The van der Waals surface area contributed by atoms with Crippen LogP contribution >= 0.6 is 0 Å². The van der Waals surface area contributed by atoms with E-state index in [0.717, 1.165) is 50.7 Å². The second-order valence-corrected chi connectivity index (χ2v) is 7.31. The van der Waals surface area contributed by atoms with Gasteiger partial charge in [-0.2, -0.15) is 0 Å². The van der Waals surface area contributed by atoms with Crippen molar-refractivity contribution < 1.29 is 13.9 Å². The maximum atomic E-state index is 14.1.